The van der Waals surface area contributed by atoms with Gasteiger partial charge in [0, 0.05) is 5.25 Å². The van der Waals surface area contributed by atoms with E-state index >= 15 is 0 Å². The maximum Gasteiger partial charge on any atom is 0.00883 e. The summed E-state index contributed by atoms with van der Waals surface area (Å²) >= 11 is 2.01. The van der Waals surface area contributed by atoms with E-state index in [-0.39, 0.29) is 0 Å². The summed E-state index contributed by atoms with van der Waals surface area (Å²) in [4.78, 5) is 1.45. The Balaban J connectivity index is 2.77. The molecule has 0 heterocycles. The molecule has 0 fully saturated rings. The van der Waals surface area contributed by atoms with E-state index in [1.165, 1.54) is 22.5 Å². The summed E-state index contributed by atoms with van der Waals surface area (Å²) in [5, 5.41) is 0.693. The molecular formula is C16H24S. The van der Waals surface area contributed by atoms with Crippen LogP contribution < -0.4 is 0 Å². The minimum atomic E-state index is 0.693. The molecule has 0 radical (unpaired) electrons. The molecule has 1 aromatic rings. The zero-order valence-electron chi connectivity index (χ0n) is 11.7. The molecule has 0 N–H and O–H groups in total. The van der Waals surface area contributed by atoms with Crippen LogP contribution in [-0.2, 0) is 0 Å². The second kappa shape index (κ2) is 6.90. The Morgan fingerprint density at radius 2 is 1.71 bits per heavy atom. The predicted octanol–water partition coefficient (Wildman–Crippen LogP) is 5.61. The van der Waals surface area contributed by atoms with Crippen molar-refractivity contribution in [3.8, 4) is 0 Å². The van der Waals surface area contributed by atoms with Gasteiger partial charge in [-0.25, -0.2) is 0 Å². The minimum absolute atomic E-state index is 0.693. The summed E-state index contributed by atoms with van der Waals surface area (Å²) in [5.41, 5.74) is 2.75. The molecular weight excluding hydrogens is 224 g/mol. The number of allylic oxidation sites excluding steroid dienone is 2. The molecule has 94 valence electrons. The van der Waals surface area contributed by atoms with E-state index in [4.69, 9.17) is 0 Å². The van der Waals surface area contributed by atoms with Crippen LogP contribution in [0.1, 0.15) is 46.6 Å². The normalized spacial score (nSPS) is 16.3. The van der Waals surface area contributed by atoms with Crippen LogP contribution in [0.3, 0.4) is 0 Å². The van der Waals surface area contributed by atoms with Gasteiger partial charge >= 0.3 is 0 Å². The van der Waals surface area contributed by atoms with Gasteiger partial charge in [0.15, 0.2) is 0 Å². The van der Waals surface area contributed by atoms with Gasteiger partial charge in [-0.3, -0.25) is 0 Å². The third kappa shape index (κ3) is 4.23. The molecule has 0 bridgehead atoms. The van der Waals surface area contributed by atoms with Gasteiger partial charge in [0.1, 0.15) is 0 Å². The van der Waals surface area contributed by atoms with Crippen LogP contribution in [0.4, 0.5) is 0 Å². The van der Waals surface area contributed by atoms with Crippen molar-refractivity contribution in [2.24, 2.45) is 5.92 Å². The number of hydrogen-bond acceptors (Lipinski definition) is 1. The third-order valence-electron chi connectivity index (χ3n) is 3.54. The van der Waals surface area contributed by atoms with E-state index < -0.39 is 0 Å². The highest BCUT2D eigenvalue weighted by Crippen LogP contribution is 2.32. The molecule has 0 saturated heterocycles. The molecule has 0 aromatic heterocycles. The summed E-state index contributed by atoms with van der Waals surface area (Å²) in [6.45, 7) is 11.4. The molecule has 1 aromatic carbocycles. The third-order valence-corrected chi connectivity index (χ3v) is 5.04. The molecule has 0 aliphatic heterocycles. The fourth-order valence-electron chi connectivity index (χ4n) is 1.71. The predicted molar refractivity (Wildman–Crippen MR) is 81.2 cm³/mol. The number of benzene rings is 1. The van der Waals surface area contributed by atoms with Crippen LogP contribution in [0, 0.1) is 5.92 Å². The van der Waals surface area contributed by atoms with E-state index in [0.29, 0.717) is 5.25 Å². The number of rotatable bonds is 5. The minimum Gasteiger partial charge on any atom is -0.127 e. The van der Waals surface area contributed by atoms with Crippen molar-refractivity contribution in [3.05, 3.63) is 40.8 Å². The largest absolute Gasteiger partial charge is 0.127 e. The SMILES string of the molecule is CCC(C)C(C)SC(C)=C(C)c1ccccc1. The fourth-order valence-corrected chi connectivity index (χ4v) is 2.98. The highest BCUT2D eigenvalue weighted by atomic mass is 32.2. The first kappa shape index (κ1) is 14.4. The van der Waals surface area contributed by atoms with E-state index in [0.717, 1.165) is 5.92 Å². The molecule has 2 atom stereocenters. The van der Waals surface area contributed by atoms with E-state index in [9.17, 15) is 0 Å². The molecule has 2 unspecified atom stereocenters. The van der Waals surface area contributed by atoms with Gasteiger partial charge in [-0.2, -0.15) is 0 Å². The second-order valence-electron chi connectivity index (χ2n) is 4.76. The Hall–Kier alpha value is -0.690. The number of thioether (sulfide) groups is 1. The van der Waals surface area contributed by atoms with Gasteiger partial charge in [-0.15, -0.1) is 11.8 Å². The Bertz CT molecular complexity index is 364. The van der Waals surface area contributed by atoms with Gasteiger partial charge in [-0.05, 0) is 35.8 Å². The zero-order chi connectivity index (χ0) is 12.8. The molecule has 0 spiro atoms. The summed E-state index contributed by atoms with van der Waals surface area (Å²) < 4.78 is 0. The molecule has 1 heteroatoms. The van der Waals surface area contributed by atoms with Gasteiger partial charge in [0.2, 0.25) is 0 Å². The van der Waals surface area contributed by atoms with Gasteiger partial charge < -0.3 is 0 Å². The van der Waals surface area contributed by atoms with Crippen LogP contribution in [0.2, 0.25) is 0 Å². The van der Waals surface area contributed by atoms with Crippen molar-refractivity contribution in [1.82, 2.24) is 0 Å². The average molecular weight is 248 g/mol. The van der Waals surface area contributed by atoms with Crippen LogP contribution in [0.5, 0.6) is 0 Å². The zero-order valence-corrected chi connectivity index (χ0v) is 12.5. The second-order valence-corrected chi connectivity index (χ2v) is 6.35. The molecule has 0 nitrogen and oxygen atoms in total. The van der Waals surface area contributed by atoms with Crippen LogP contribution in [0.25, 0.3) is 5.57 Å². The standard InChI is InChI=1S/C16H24S/c1-6-12(2)14(4)17-15(5)13(3)16-10-8-7-9-11-16/h7-12,14H,6H2,1-5H3. The smallest absolute Gasteiger partial charge is 0.00883 e. The Kier molecular flexibility index (Phi) is 5.84. The van der Waals surface area contributed by atoms with Crippen LogP contribution in [0.15, 0.2) is 35.2 Å². The van der Waals surface area contributed by atoms with Gasteiger partial charge in [0.05, 0.1) is 0 Å². The summed E-state index contributed by atoms with van der Waals surface area (Å²) in [6.07, 6.45) is 1.26. The van der Waals surface area contributed by atoms with Gasteiger partial charge in [0.25, 0.3) is 0 Å². The highest BCUT2D eigenvalue weighted by molar-refractivity contribution is 8.03. The fraction of sp³-hybridized carbons (Fsp3) is 0.500. The van der Waals surface area contributed by atoms with Crippen molar-refractivity contribution >= 4 is 17.3 Å². The highest BCUT2D eigenvalue weighted by Gasteiger charge is 2.12. The molecule has 1 rings (SSSR count). The van der Waals surface area contributed by atoms with Crippen molar-refractivity contribution in [3.63, 3.8) is 0 Å². The summed E-state index contributed by atoms with van der Waals surface area (Å²) in [5.74, 6) is 0.776. The Morgan fingerprint density at radius 3 is 2.24 bits per heavy atom. The molecule has 0 aliphatic rings. The molecule has 17 heavy (non-hydrogen) atoms. The first-order chi connectivity index (χ1) is 8.06. The molecule has 0 amide bonds. The van der Waals surface area contributed by atoms with Crippen molar-refractivity contribution in [1.29, 1.82) is 0 Å². The lowest BCUT2D eigenvalue weighted by Gasteiger charge is -2.19. The maximum atomic E-state index is 2.34. The summed E-state index contributed by atoms with van der Waals surface area (Å²) in [7, 11) is 0. The summed E-state index contributed by atoms with van der Waals surface area (Å²) in [6, 6.07) is 10.7. The number of hydrogen-bond donors (Lipinski definition) is 0. The van der Waals surface area contributed by atoms with E-state index in [1.54, 1.807) is 0 Å². The molecule has 0 aliphatic carbocycles. The average Bonchev–Trinajstić information content (AvgIpc) is 2.37. The van der Waals surface area contributed by atoms with E-state index in [2.05, 4.69) is 65.0 Å². The molecule has 0 saturated carbocycles. The lowest BCUT2D eigenvalue weighted by atomic mass is 10.1. The van der Waals surface area contributed by atoms with Crippen LogP contribution in [-0.4, -0.2) is 5.25 Å². The van der Waals surface area contributed by atoms with Crippen LogP contribution >= 0.6 is 11.8 Å². The monoisotopic (exact) mass is 248 g/mol. The van der Waals surface area contributed by atoms with Crippen molar-refractivity contribution < 1.29 is 0 Å². The quantitative estimate of drug-likeness (QED) is 0.653. The lowest BCUT2D eigenvalue weighted by Crippen LogP contribution is -2.08. The Morgan fingerprint density at radius 1 is 1.12 bits per heavy atom. The Labute approximate surface area is 111 Å². The van der Waals surface area contributed by atoms with Gasteiger partial charge in [-0.1, -0.05) is 57.5 Å². The van der Waals surface area contributed by atoms with E-state index in [1.807, 2.05) is 11.8 Å². The maximum absolute atomic E-state index is 2.34. The first-order valence-electron chi connectivity index (χ1n) is 6.45. The first-order valence-corrected chi connectivity index (χ1v) is 7.33. The van der Waals surface area contributed by atoms with Crippen molar-refractivity contribution in [2.45, 2.75) is 46.3 Å². The lowest BCUT2D eigenvalue weighted by molar-refractivity contribution is 0.558. The topological polar surface area (TPSA) is 0 Å². The van der Waals surface area contributed by atoms with Crippen molar-refractivity contribution in [2.75, 3.05) is 0 Å².